The van der Waals surface area contributed by atoms with Crippen molar-refractivity contribution in [1.29, 1.82) is 0 Å². The van der Waals surface area contributed by atoms with Crippen molar-refractivity contribution in [3.05, 3.63) is 29.3 Å². The van der Waals surface area contributed by atoms with E-state index in [9.17, 15) is 5.11 Å². The summed E-state index contributed by atoms with van der Waals surface area (Å²) in [7, 11) is 4.35. The van der Waals surface area contributed by atoms with E-state index in [0.717, 1.165) is 12.0 Å². The number of aliphatic hydroxyl groups is 1. The lowest BCUT2D eigenvalue weighted by Crippen LogP contribution is -2.49. The Balaban J connectivity index is 2.31. The zero-order valence-corrected chi connectivity index (χ0v) is 14.3. The van der Waals surface area contributed by atoms with Gasteiger partial charge in [-0.25, -0.2) is 0 Å². The summed E-state index contributed by atoms with van der Waals surface area (Å²) in [5.41, 5.74) is 1.78. The standard InChI is InChI=1S/C13H17IO5S/c1-16-13(17-2)10-7-9(5-6-19-20-14)3-4-11(10)18-8-12(13)15/h3-4,7,12,15H,5-6,8H2,1-2H3. The van der Waals surface area contributed by atoms with E-state index < -0.39 is 11.9 Å². The van der Waals surface area contributed by atoms with E-state index in [2.05, 4.69) is 21.2 Å². The van der Waals surface area contributed by atoms with Crippen LogP contribution in [-0.4, -0.2) is 38.6 Å². The van der Waals surface area contributed by atoms with E-state index in [1.807, 2.05) is 18.2 Å². The molecule has 1 aliphatic rings. The highest BCUT2D eigenvalue weighted by Crippen LogP contribution is 2.40. The minimum absolute atomic E-state index is 0.141. The third-order valence-electron chi connectivity index (χ3n) is 3.38. The molecule has 0 fully saturated rings. The number of benzene rings is 1. The predicted molar refractivity (Wildman–Crippen MR) is 84.9 cm³/mol. The highest BCUT2D eigenvalue weighted by Gasteiger charge is 2.46. The van der Waals surface area contributed by atoms with Gasteiger partial charge in [0.15, 0.2) is 0 Å². The van der Waals surface area contributed by atoms with Gasteiger partial charge >= 0.3 is 0 Å². The molecular formula is C13H17IO5S. The second-order valence-corrected chi connectivity index (χ2v) is 5.81. The molecule has 0 saturated carbocycles. The summed E-state index contributed by atoms with van der Waals surface area (Å²) in [4.78, 5) is 0. The first-order chi connectivity index (χ1) is 9.67. The van der Waals surface area contributed by atoms with Gasteiger partial charge in [-0.1, -0.05) is 6.07 Å². The Morgan fingerprint density at radius 2 is 2.20 bits per heavy atom. The number of methoxy groups -OCH3 is 2. The van der Waals surface area contributed by atoms with Gasteiger partial charge in [0, 0.05) is 35.4 Å². The molecule has 1 atom stereocenters. The molecule has 1 unspecified atom stereocenters. The fourth-order valence-electron chi connectivity index (χ4n) is 2.36. The molecule has 2 rings (SSSR count). The van der Waals surface area contributed by atoms with Crippen molar-refractivity contribution in [2.24, 2.45) is 0 Å². The van der Waals surface area contributed by atoms with Crippen LogP contribution in [0.15, 0.2) is 18.2 Å². The Morgan fingerprint density at radius 1 is 1.45 bits per heavy atom. The van der Waals surface area contributed by atoms with Gasteiger partial charge in [-0.2, -0.15) is 0 Å². The molecule has 0 aromatic heterocycles. The van der Waals surface area contributed by atoms with Crippen LogP contribution >= 0.6 is 30.4 Å². The summed E-state index contributed by atoms with van der Waals surface area (Å²) in [5, 5.41) is 10.2. The molecule has 1 N–H and O–H groups in total. The van der Waals surface area contributed by atoms with Crippen LogP contribution in [0.2, 0.25) is 0 Å². The topological polar surface area (TPSA) is 57.2 Å². The normalized spacial score (nSPS) is 20.3. The Labute approximate surface area is 134 Å². The largest absolute Gasteiger partial charge is 0.490 e. The SMILES string of the molecule is COC1(OC)c2cc(CCOSI)ccc2OCC1O. The van der Waals surface area contributed by atoms with Crippen molar-refractivity contribution >= 4 is 30.4 Å². The van der Waals surface area contributed by atoms with Crippen LogP contribution in [0.4, 0.5) is 0 Å². The Morgan fingerprint density at radius 3 is 2.85 bits per heavy atom. The maximum absolute atomic E-state index is 10.2. The van der Waals surface area contributed by atoms with E-state index >= 15 is 0 Å². The monoisotopic (exact) mass is 412 g/mol. The van der Waals surface area contributed by atoms with Crippen molar-refractivity contribution in [1.82, 2.24) is 0 Å². The zero-order chi connectivity index (χ0) is 14.6. The third kappa shape index (κ3) is 3.07. The number of ether oxygens (including phenoxy) is 3. The van der Waals surface area contributed by atoms with Crippen molar-refractivity contribution in [3.8, 4) is 5.75 Å². The molecule has 0 bridgehead atoms. The van der Waals surface area contributed by atoms with Crippen LogP contribution in [0, 0.1) is 0 Å². The molecule has 0 aliphatic carbocycles. The van der Waals surface area contributed by atoms with E-state index in [0.29, 0.717) is 17.9 Å². The van der Waals surface area contributed by atoms with E-state index in [1.54, 1.807) is 0 Å². The lowest BCUT2D eigenvalue weighted by molar-refractivity contribution is -0.281. The lowest BCUT2D eigenvalue weighted by atomic mass is 9.94. The second kappa shape index (κ2) is 7.28. The van der Waals surface area contributed by atoms with Gasteiger partial charge in [0.2, 0.25) is 5.79 Å². The number of rotatable bonds is 6. The smallest absolute Gasteiger partial charge is 0.228 e. The van der Waals surface area contributed by atoms with Gasteiger partial charge in [0.05, 0.1) is 21.4 Å². The Bertz CT molecular complexity index is 452. The third-order valence-corrected chi connectivity index (χ3v) is 4.40. The first-order valence-corrected chi connectivity index (χ1v) is 9.41. The molecule has 20 heavy (non-hydrogen) atoms. The quantitative estimate of drug-likeness (QED) is 0.335. The summed E-state index contributed by atoms with van der Waals surface area (Å²) in [6.45, 7) is 0.755. The van der Waals surface area contributed by atoms with Crippen LogP contribution in [0.3, 0.4) is 0 Å². The molecule has 0 amide bonds. The molecule has 7 heteroatoms. The number of halogens is 1. The molecule has 112 valence electrons. The molecule has 1 heterocycles. The maximum Gasteiger partial charge on any atom is 0.228 e. The van der Waals surface area contributed by atoms with Crippen molar-refractivity contribution in [2.75, 3.05) is 27.4 Å². The van der Waals surface area contributed by atoms with E-state index in [-0.39, 0.29) is 6.61 Å². The van der Waals surface area contributed by atoms with Crippen LogP contribution in [0.25, 0.3) is 0 Å². The summed E-state index contributed by atoms with van der Waals surface area (Å²) >= 11 is 2.09. The Hall–Kier alpha value is -0.0600. The van der Waals surface area contributed by atoms with Gasteiger partial charge in [-0.05, 0) is 24.1 Å². The highest BCUT2D eigenvalue weighted by atomic mass is 127. The van der Waals surface area contributed by atoms with Crippen LogP contribution < -0.4 is 4.74 Å². The molecule has 1 aromatic rings. The van der Waals surface area contributed by atoms with E-state index in [4.69, 9.17) is 18.4 Å². The molecule has 0 saturated heterocycles. The lowest BCUT2D eigenvalue weighted by Gasteiger charge is -2.40. The second-order valence-electron chi connectivity index (χ2n) is 4.37. The number of hydrogen-bond acceptors (Lipinski definition) is 6. The summed E-state index contributed by atoms with van der Waals surface area (Å²) in [5.74, 6) is -0.505. The molecule has 5 nitrogen and oxygen atoms in total. The van der Waals surface area contributed by atoms with Gasteiger partial charge in [-0.3, -0.25) is 0 Å². The Kier molecular flexibility index (Phi) is 5.94. The zero-order valence-electron chi connectivity index (χ0n) is 11.3. The van der Waals surface area contributed by atoms with Crippen molar-refractivity contribution in [2.45, 2.75) is 18.3 Å². The molecule has 1 aromatic carbocycles. The van der Waals surface area contributed by atoms with Crippen LogP contribution in [0.5, 0.6) is 5.75 Å². The van der Waals surface area contributed by atoms with Gasteiger partial charge in [0.25, 0.3) is 0 Å². The summed E-state index contributed by atoms with van der Waals surface area (Å²) in [6, 6.07) is 5.79. The number of aliphatic hydroxyl groups excluding tert-OH is 1. The van der Waals surface area contributed by atoms with Crippen LogP contribution in [-0.2, 0) is 25.9 Å². The van der Waals surface area contributed by atoms with Crippen LogP contribution in [0.1, 0.15) is 11.1 Å². The first kappa shape index (κ1) is 16.3. The van der Waals surface area contributed by atoms with Gasteiger partial charge in [-0.15, -0.1) is 0 Å². The fourth-order valence-corrected chi connectivity index (χ4v) is 3.04. The fraction of sp³-hybridized carbons (Fsp3) is 0.538. The van der Waals surface area contributed by atoms with Crippen molar-refractivity contribution in [3.63, 3.8) is 0 Å². The first-order valence-electron chi connectivity index (χ1n) is 6.12. The van der Waals surface area contributed by atoms with Crippen molar-refractivity contribution < 1.29 is 23.5 Å². The predicted octanol–water partition coefficient (Wildman–Crippen LogP) is 2.44. The number of fused-ring (bicyclic) bond motifs is 1. The van der Waals surface area contributed by atoms with Gasteiger partial charge < -0.3 is 23.5 Å². The average molecular weight is 412 g/mol. The minimum Gasteiger partial charge on any atom is -0.490 e. The minimum atomic E-state index is -1.18. The molecular weight excluding hydrogens is 395 g/mol. The summed E-state index contributed by atoms with van der Waals surface area (Å²) < 4.78 is 21.7. The average Bonchev–Trinajstić information content (AvgIpc) is 2.48. The number of hydrogen-bond donors (Lipinski definition) is 1. The van der Waals surface area contributed by atoms with E-state index in [1.165, 1.54) is 23.4 Å². The maximum atomic E-state index is 10.2. The summed E-state index contributed by atoms with van der Waals surface area (Å²) in [6.07, 6.45) is -0.107. The molecule has 0 radical (unpaired) electrons. The van der Waals surface area contributed by atoms with Gasteiger partial charge in [0.1, 0.15) is 18.5 Å². The highest BCUT2D eigenvalue weighted by molar-refractivity contribution is 14.2. The molecule has 1 aliphatic heterocycles. The molecule has 0 spiro atoms.